The van der Waals surface area contributed by atoms with Gasteiger partial charge in [0.15, 0.2) is 0 Å². The Balaban J connectivity index is 2.05. The van der Waals surface area contributed by atoms with E-state index in [1.54, 1.807) is 0 Å². The summed E-state index contributed by atoms with van der Waals surface area (Å²) in [6, 6.07) is 10.7. The van der Waals surface area contributed by atoms with Crippen molar-refractivity contribution in [3.63, 3.8) is 0 Å². The summed E-state index contributed by atoms with van der Waals surface area (Å²) in [6.45, 7) is 8.66. The molecule has 0 aromatic heterocycles. The van der Waals surface area contributed by atoms with E-state index < -0.39 is 0 Å². The van der Waals surface area contributed by atoms with Gasteiger partial charge in [0.2, 0.25) is 0 Å². The van der Waals surface area contributed by atoms with Crippen molar-refractivity contribution in [2.24, 2.45) is 5.41 Å². The first kappa shape index (κ1) is 13.5. The van der Waals surface area contributed by atoms with Crippen LogP contribution in [0, 0.1) is 5.41 Å². The molecule has 2 rings (SSSR count). The van der Waals surface area contributed by atoms with E-state index in [1.165, 1.54) is 5.56 Å². The molecule has 1 aliphatic rings. The lowest BCUT2D eigenvalue weighted by atomic mass is 9.93. The highest BCUT2D eigenvalue weighted by molar-refractivity contribution is 5.14. The second-order valence-corrected chi connectivity index (χ2v) is 6.08. The summed E-state index contributed by atoms with van der Waals surface area (Å²) in [5.74, 6) is 0. The van der Waals surface area contributed by atoms with Gasteiger partial charge < -0.3 is 10.4 Å². The lowest BCUT2D eigenvalue weighted by Crippen LogP contribution is -2.40. The van der Waals surface area contributed by atoms with Crippen LogP contribution in [0.3, 0.4) is 0 Å². The zero-order valence-electron chi connectivity index (χ0n) is 11.4. The average Bonchev–Trinajstić information content (AvgIpc) is 2.48. The summed E-state index contributed by atoms with van der Waals surface area (Å²) in [6.07, 6.45) is 0. The summed E-state index contributed by atoms with van der Waals surface area (Å²) in [7, 11) is 0. The number of hydrogen-bond donors (Lipinski definition) is 2. The normalized spacial score (nSPS) is 24.7. The van der Waals surface area contributed by atoms with Crippen molar-refractivity contribution in [3.05, 3.63) is 35.9 Å². The number of aliphatic hydroxyl groups excluding tert-OH is 1. The van der Waals surface area contributed by atoms with E-state index >= 15 is 0 Å². The summed E-state index contributed by atoms with van der Waals surface area (Å²) in [5.41, 5.74) is 1.59. The third-order valence-electron chi connectivity index (χ3n) is 3.47. The Morgan fingerprint density at radius 3 is 2.72 bits per heavy atom. The fraction of sp³-hybridized carbons (Fsp3) is 0.600. The van der Waals surface area contributed by atoms with Gasteiger partial charge in [-0.2, -0.15) is 0 Å². The molecule has 0 bridgehead atoms. The lowest BCUT2D eigenvalue weighted by Gasteiger charge is -2.29. The average molecular weight is 248 g/mol. The first-order valence-electron chi connectivity index (χ1n) is 6.69. The molecule has 1 unspecified atom stereocenters. The van der Waals surface area contributed by atoms with Crippen LogP contribution in [0.15, 0.2) is 30.3 Å². The molecule has 0 saturated carbocycles. The lowest BCUT2D eigenvalue weighted by molar-refractivity contribution is 0.176. The van der Waals surface area contributed by atoms with Crippen molar-refractivity contribution in [3.8, 4) is 0 Å². The minimum absolute atomic E-state index is 0.190. The fourth-order valence-electron chi connectivity index (χ4n) is 2.61. The molecule has 1 aromatic carbocycles. The summed E-state index contributed by atoms with van der Waals surface area (Å²) >= 11 is 0. The van der Waals surface area contributed by atoms with Gasteiger partial charge in [-0.05, 0) is 11.0 Å². The van der Waals surface area contributed by atoms with Crippen LogP contribution in [0.25, 0.3) is 0 Å². The topological polar surface area (TPSA) is 35.5 Å². The molecule has 1 fully saturated rings. The monoisotopic (exact) mass is 248 g/mol. The fourth-order valence-corrected chi connectivity index (χ4v) is 2.61. The van der Waals surface area contributed by atoms with Crippen LogP contribution in [0.2, 0.25) is 0 Å². The predicted octanol–water partition coefficient (Wildman–Crippen LogP) is 1.48. The van der Waals surface area contributed by atoms with E-state index in [4.69, 9.17) is 0 Å². The zero-order valence-corrected chi connectivity index (χ0v) is 11.4. The number of nitrogens with zero attached hydrogens (tertiary/aromatic N) is 1. The molecule has 0 aliphatic carbocycles. The molecular formula is C15H24N2O. The summed E-state index contributed by atoms with van der Waals surface area (Å²) < 4.78 is 0. The Hall–Kier alpha value is -0.900. The Labute approximate surface area is 110 Å². The van der Waals surface area contributed by atoms with Gasteiger partial charge in [0.05, 0.1) is 6.61 Å². The van der Waals surface area contributed by atoms with Gasteiger partial charge in [0.1, 0.15) is 0 Å². The quantitative estimate of drug-likeness (QED) is 0.850. The van der Waals surface area contributed by atoms with Crippen LogP contribution in [0.4, 0.5) is 0 Å². The number of aliphatic hydroxyl groups is 1. The molecule has 1 aromatic rings. The number of hydrogen-bond acceptors (Lipinski definition) is 3. The van der Waals surface area contributed by atoms with Crippen molar-refractivity contribution < 1.29 is 5.11 Å². The van der Waals surface area contributed by atoms with Crippen LogP contribution in [0.5, 0.6) is 0 Å². The van der Waals surface area contributed by atoms with Crippen LogP contribution < -0.4 is 5.32 Å². The minimum atomic E-state index is 0.190. The van der Waals surface area contributed by atoms with Crippen molar-refractivity contribution in [2.45, 2.75) is 26.4 Å². The van der Waals surface area contributed by atoms with Gasteiger partial charge in [-0.25, -0.2) is 0 Å². The summed E-state index contributed by atoms with van der Waals surface area (Å²) in [5, 5.41) is 12.8. The second-order valence-electron chi connectivity index (χ2n) is 6.08. The molecule has 100 valence electrons. The minimum Gasteiger partial charge on any atom is -0.395 e. The largest absolute Gasteiger partial charge is 0.395 e. The van der Waals surface area contributed by atoms with Gasteiger partial charge >= 0.3 is 0 Å². The SMILES string of the molecule is CC1(C)CNC(CO)CN(Cc2ccccc2)C1. The second kappa shape index (κ2) is 5.83. The molecule has 0 radical (unpaired) electrons. The maximum absolute atomic E-state index is 9.38. The highest BCUT2D eigenvalue weighted by Gasteiger charge is 2.28. The van der Waals surface area contributed by atoms with E-state index in [0.717, 1.165) is 26.2 Å². The summed E-state index contributed by atoms with van der Waals surface area (Å²) in [4.78, 5) is 2.44. The molecule has 1 heterocycles. The number of benzene rings is 1. The first-order chi connectivity index (χ1) is 8.59. The van der Waals surface area contributed by atoms with Crippen LogP contribution in [0.1, 0.15) is 19.4 Å². The van der Waals surface area contributed by atoms with Crippen LogP contribution >= 0.6 is 0 Å². The molecular weight excluding hydrogens is 224 g/mol. The Morgan fingerprint density at radius 2 is 2.06 bits per heavy atom. The van der Waals surface area contributed by atoms with E-state index in [0.29, 0.717) is 0 Å². The van der Waals surface area contributed by atoms with Crippen molar-refractivity contribution in [1.29, 1.82) is 0 Å². The third kappa shape index (κ3) is 3.80. The Bertz CT molecular complexity index is 364. The van der Waals surface area contributed by atoms with Crippen molar-refractivity contribution in [2.75, 3.05) is 26.2 Å². The molecule has 1 saturated heterocycles. The maximum atomic E-state index is 9.38. The molecule has 3 nitrogen and oxygen atoms in total. The van der Waals surface area contributed by atoms with Gasteiger partial charge in [0, 0.05) is 32.2 Å². The molecule has 0 spiro atoms. The number of nitrogens with one attached hydrogen (secondary N) is 1. The maximum Gasteiger partial charge on any atom is 0.0597 e. The van der Waals surface area contributed by atoms with E-state index in [-0.39, 0.29) is 18.1 Å². The van der Waals surface area contributed by atoms with Gasteiger partial charge in [-0.1, -0.05) is 44.2 Å². The standard InChI is InChI=1S/C15H24N2O/c1-15(2)11-16-14(10-18)9-17(12-15)8-13-6-4-3-5-7-13/h3-7,14,16,18H,8-12H2,1-2H3. The van der Waals surface area contributed by atoms with E-state index in [1.807, 2.05) is 6.07 Å². The van der Waals surface area contributed by atoms with E-state index in [9.17, 15) is 5.11 Å². The van der Waals surface area contributed by atoms with Crippen molar-refractivity contribution >= 4 is 0 Å². The molecule has 1 aliphatic heterocycles. The number of rotatable bonds is 3. The van der Waals surface area contributed by atoms with Gasteiger partial charge in [-0.15, -0.1) is 0 Å². The molecule has 18 heavy (non-hydrogen) atoms. The smallest absolute Gasteiger partial charge is 0.0597 e. The van der Waals surface area contributed by atoms with Crippen LogP contribution in [-0.4, -0.2) is 42.3 Å². The molecule has 0 amide bonds. The highest BCUT2D eigenvalue weighted by atomic mass is 16.3. The zero-order chi connectivity index (χ0) is 13.0. The molecule has 1 atom stereocenters. The highest BCUT2D eigenvalue weighted by Crippen LogP contribution is 2.20. The molecule has 2 N–H and O–H groups in total. The van der Waals surface area contributed by atoms with Crippen molar-refractivity contribution in [1.82, 2.24) is 10.2 Å². The van der Waals surface area contributed by atoms with Crippen LogP contribution in [-0.2, 0) is 6.54 Å². The predicted molar refractivity (Wildman–Crippen MR) is 74.4 cm³/mol. The third-order valence-corrected chi connectivity index (χ3v) is 3.47. The van der Waals surface area contributed by atoms with Gasteiger partial charge in [0.25, 0.3) is 0 Å². The van der Waals surface area contributed by atoms with Gasteiger partial charge in [-0.3, -0.25) is 4.90 Å². The Morgan fingerprint density at radius 1 is 1.33 bits per heavy atom. The molecule has 3 heteroatoms. The first-order valence-corrected chi connectivity index (χ1v) is 6.69. The Kier molecular flexibility index (Phi) is 4.38. The van der Waals surface area contributed by atoms with E-state index in [2.05, 4.69) is 48.3 Å².